The van der Waals surface area contributed by atoms with Crippen LogP contribution in [0.3, 0.4) is 0 Å². The molecule has 2 aliphatic heterocycles. The maximum absolute atomic E-state index is 7.11. The molecule has 2 atom stereocenters. The number of methoxy groups -OCH3 is 2. The summed E-state index contributed by atoms with van der Waals surface area (Å²) in [5.41, 5.74) is 6.02. The fraction of sp³-hybridized carbons (Fsp3) is 0.310. The highest BCUT2D eigenvalue weighted by atomic mass is 35.5. The van der Waals surface area contributed by atoms with Gasteiger partial charge in [0, 0.05) is 35.6 Å². The second kappa shape index (κ2) is 9.54. The topological polar surface area (TPSA) is 49.9 Å². The lowest BCUT2D eigenvalue weighted by molar-refractivity contribution is 0.394. The zero-order valence-electron chi connectivity index (χ0n) is 21.9. The van der Waals surface area contributed by atoms with Crippen LogP contribution in [0.5, 0.6) is 11.5 Å². The fourth-order valence-corrected chi connectivity index (χ4v) is 5.94. The second-order valence-electron chi connectivity index (χ2n) is 9.97. The summed E-state index contributed by atoms with van der Waals surface area (Å²) >= 11 is 13.0. The van der Waals surface area contributed by atoms with E-state index in [9.17, 15) is 0 Å². The first-order valence-corrected chi connectivity index (χ1v) is 12.9. The predicted molar refractivity (Wildman–Crippen MR) is 155 cm³/mol. The van der Waals surface area contributed by atoms with Crippen molar-refractivity contribution in [2.75, 3.05) is 31.1 Å². The molecule has 0 amide bonds. The summed E-state index contributed by atoms with van der Waals surface area (Å²) in [5.74, 6) is 1.36. The highest BCUT2D eigenvalue weighted by molar-refractivity contribution is 7.80. The van der Waals surface area contributed by atoms with Crippen LogP contribution in [0, 0.1) is 0 Å². The number of anilines is 2. The second-order valence-corrected chi connectivity index (χ2v) is 10.8. The largest absolute Gasteiger partial charge is 0.497 e. The molecule has 3 aromatic rings. The van der Waals surface area contributed by atoms with E-state index in [2.05, 4.69) is 66.1 Å². The lowest BCUT2D eigenvalue weighted by Gasteiger charge is -2.41. The summed E-state index contributed by atoms with van der Waals surface area (Å²) in [6.45, 7) is 6.56. The van der Waals surface area contributed by atoms with Gasteiger partial charge in [-0.1, -0.05) is 23.7 Å². The first kappa shape index (κ1) is 25.4. The molecule has 192 valence electrons. The van der Waals surface area contributed by atoms with E-state index in [4.69, 9.17) is 33.3 Å². The van der Waals surface area contributed by atoms with Gasteiger partial charge in [0.1, 0.15) is 11.5 Å². The van der Waals surface area contributed by atoms with Crippen molar-refractivity contribution in [3.63, 3.8) is 0 Å². The highest BCUT2D eigenvalue weighted by Crippen LogP contribution is 2.49. The molecular formula is C29H31ClN4O2S. The molecule has 3 heterocycles. The SMILES string of the molecule is COc1ccc(N2C(=S)N[C@@H](c3ccccn3)[C@@H]2c2cc3c(cc2Cl)N(C)C(C)(C)C=C3C)c(OC)c1. The molecule has 0 bridgehead atoms. The van der Waals surface area contributed by atoms with Crippen molar-refractivity contribution in [1.29, 1.82) is 0 Å². The molecule has 0 saturated carbocycles. The number of fused-ring (bicyclic) bond motifs is 1. The molecule has 37 heavy (non-hydrogen) atoms. The van der Waals surface area contributed by atoms with E-state index in [0.29, 0.717) is 21.6 Å². The maximum atomic E-state index is 7.11. The normalized spacial score (nSPS) is 20.3. The van der Waals surface area contributed by atoms with E-state index in [1.54, 1.807) is 20.4 Å². The fourth-order valence-electron chi connectivity index (χ4n) is 5.33. The van der Waals surface area contributed by atoms with Gasteiger partial charge in [-0.2, -0.15) is 0 Å². The monoisotopic (exact) mass is 534 g/mol. The standard InChI is InChI=1S/C29H31ClN4O2S/c1-17-16-29(2,3)33(4)24-15-21(30)20(14-19(17)24)27-26(22-9-7-8-12-31-22)32-28(37)34(27)23-11-10-18(35-5)13-25(23)36-6/h7-16,26-27H,1-6H3,(H,32,37)/t26-,27-/m0/s1. The van der Waals surface area contributed by atoms with Crippen LogP contribution in [0.1, 0.15) is 49.7 Å². The number of hydrogen-bond donors (Lipinski definition) is 1. The van der Waals surface area contributed by atoms with E-state index < -0.39 is 0 Å². The molecule has 1 fully saturated rings. The van der Waals surface area contributed by atoms with Crippen LogP contribution in [-0.4, -0.2) is 36.9 Å². The van der Waals surface area contributed by atoms with Gasteiger partial charge in [0.15, 0.2) is 5.11 Å². The van der Waals surface area contributed by atoms with Gasteiger partial charge in [-0.3, -0.25) is 4.98 Å². The number of aromatic nitrogens is 1. The molecule has 1 saturated heterocycles. The number of thiocarbonyl (C=S) groups is 1. The van der Waals surface area contributed by atoms with Crippen LogP contribution in [0.15, 0.2) is 60.8 Å². The Morgan fingerprint density at radius 1 is 1.05 bits per heavy atom. The van der Waals surface area contributed by atoms with Gasteiger partial charge >= 0.3 is 0 Å². The van der Waals surface area contributed by atoms with Gasteiger partial charge in [-0.05, 0) is 80.5 Å². The minimum absolute atomic E-state index is 0.114. The third-order valence-electron chi connectivity index (χ3n) is 7.40. The van der Waals surface area contributed by atoms with Crippen LogP contribution in [0.2, 0.25) is 5.02 Å². The lowest BCUT2D eigenvalue weighted by atomic mass is 9.86. The summed E-state index contributed by atoms with van der Waals surface area (Å²) in [5, 5.41) is 4.76. The van der Waals surface area contributed by atoms with Crippen LogP contribution < -0.4 is 24.6 Å². The Kier molecular flexibility index (Phi) is 6.54. The Morgan fingerprint density at radius 2 is 1.84 bits per heavy atom. The Hall–Kier alpha value is -3.29. The number of allylic oxidation sites excluding steroid dienone is 1. The Labute approximate surface area is 228 Å². The van der Waals surface area contributed by atoms with Crippen molar-refractivity contribution in [2.24, 2.45) is 0 Å². The van der Waals surface area contributed by atoms with Crippen LogP contribution >= 0.6 is 23.8 Å². The molecule has 6 nitrogen and oxygen atoms in total. The van der Waals surface area contributed by atoms with Crippen molar-refractivity contribution in [3.05, 3.63) is 82.6 Å². The van der Waals surface area contributed by atoms with Crippen LogP contribution in [-0.2, 0) is 0 Å². The van der Waals surface area contributed by atoms with Gasteiger partial charge < -0.3 is 24.6 Å². The molecule has 5 rings (SSSR count). The van der Waals surface area contributed by atoms with Crippen LogP contribution in [0.25, 0.3) is 5.57 Å². The summed E-state index contributed by atoms with van der Waals surface area (Å²) < 4.78 is 11.2. The summed E-state index contributed by atoms with van der Waals surface area (Å²) in [6.07, 6.45) is 4.09. The smallest absolute Gasteiger partial charge is 0.174 e. The first-order valence-electron chi connectivity index (χ1n) is 12.2. The number of pyridine rings is 1. The molecule has 0 spiro atoms. The van der Waals surface area contributed by atoms with Gasteiger partial charge in [0.2, 0.25) is 0 Å². The number of halogens is 1. The lowest BCUT2D eigenvalue weighted by Crippen LogP contribution is -2.42. The first-order chi connectivity index (χ1) is 17.7. The minimum Gasteiger partial charge on any atom is -0.497 e. The molecule has 2 aromatic carbocycles. The minimum atomic E-state index is -0.268. The van der Waals surface area contributed by atoms with Crippen LogP contribution in [0.4, 0.5) is 11.4 Å². The van der Waals surface area contributed by atoms with Gasteiger partial charge in [0.05, 0.1) is 43.2 Å². The third kappa shape index (κ3) is 4.30. The van der Waals surface area contributed by atoms with E-state index >= 15 is 0 Å². The van der Waals surface area contributed by atoms with Crippen molar-refractivity contribution >= 4 is 45.9 Å². The molecule has 0 radical (unpaired) electrons. The van der Waals surface area contributed by atoms with Crippen molar-refractivity contribution in [3.8, 4) is 11.5 Å². The number of nitrogens with one attached hydrogen (secondary N) is 1. The Morgan fingerprint density at radius 3 is 2.51 bits per heavy atom. The van der Waals surface area contributed by atoms with Gasteiger partial charge in [0.25, 0.3) is 0 Å². The van der Waals surface area contributed by atoms with Crippen molar-refractivity contribution < 1.29 is 9.47 Å². The number of hydrogen-bond acceptors (Lipinski definition) is 5. The highest BCUT2D eigenvalue weighted by Gasteiger charge is 2.43. The maximum Gasteiger partial charge on any atom is 0.174 e. The summed E-state index contributed by atoms with van der Waals surface area (Å²) in [7, 11) is 5.39. The molecule has 8 heteroatoms. The molecule has 0 unspecified atom stereocenters. The number of nitrogens with zero attached hydrogens (tertiary/aromatic N) is 3. The van der Waals surface area contributed by atoms with Gasteiger partial charge in [-0.15, -0.1) is 0 Å². The molecule has 1 N–H and O–H groups in total. The zero-order valence-corrected chi connectivity index (χ0v) is 23.4. The van der Waals surface area contributed by atoms with E-state index in [-0.39, 0.29) is 17.6 Å². The van der Waals surface area contributed by atoms with Crippen molar-refractivity contribution in [1.82, 2.24) is 10.3 Å². The predicted octanol–water partition coefficient (Wildman–Crippen LogP) is 6.56. The average molecular weight is 535 g/mol. The summed E-state index contributed by atoms with van der Waals surface area (Å²) in [4.78, 5) is 9.02. The number of rotatable bonds is 5. The number of likely N-dealkylation sites (N-methyl/N-ethyl adjacent to an activating group) is 1. The number of ether oxygens (including phenoxy) is 2. The van der Waals surface area contributed by atoms with Gasteiger partial charge in [-0.25, -0.2) is 0 Å². The van der Waals surface area contributed by atoms with E-state index in [0.717, 1.165) is 28.2 Å². The Bertz CT molecular complexity index is 1390. The third-order valence-corrected chi connectivity index (χ3v) is 8.04. The van der Waals surface area contributed by atoms with Crippen molar-refractivity contribution in [2.45, 2.75) is 38.4 Å². The molecule has 0 aliphatic carbocycles. The molecule has 2 aliphatic rings. The molecular weight excluding hydrogens is 504 g/mol. The quantitative estimate of drug-likeness (QED) is 0.372. The number of benzene rings is 2. The van der Waals surface area contributed by atoms with E-state index in [1.807, 2.05) is 36.4 Å². The Balaban J connectivity index is 1.72. The average Bonchev–Trinajstić information content (AvgIpc) is 3.23. The molecule has 1 aromatic heterocycles. The van der Waals surface area contributed by atoms with E-state index in [1.165, 1.54) is 5.57 Å². The zero-order chi connectivity index (χ0) is 26.5. The summed E-state index contributed by atoms with van der Waals surface area (Å²) in [6, 6.07) is 15.4.